The average Bonchev–Trinajstić information content (AvgIpc) is 3.39. The van der Waals surface area contributed by atoms with Gasteiger partial charge in [-0.2, -0.15) is 5.10 Å². The molecule has 3 heterocycles. The lowest BCUT2D eigenvalue weighted by Gasteiger charge is -2.31. The lowest BCUT2D eigenvalue weighted by molar-refractivity contribution is -0.127. The molecule has 2 N–H and O–H groups in total. The second kappa shape index (κ2) is 10.9. The van der Waals surface area contributed by atoms with E-state index in [2.05, 4.69) is 26.4 Å². The molecule has 8 nitrogen and oxygen atoms in total. The minimum Gasteiger partial charge on any atom is -0.353 e. The standard InChI is InChI=1S/C22H28N6O2S/c1-4-11-27(3)12-5-6-21(30)28-13-8-17(9-14-28)25-20(29)15-19-16(2)24-22(31-19)18-7-10-23-26-18/h1,5-7,10,17H,8-9,11-15H2,2-3H3,(H,23,26)(H,25,29)/b6-5+. The summed E-state index contributed by atoms with van der Waals surface area (Å²) in [7, 11) is 1.91. The van der Waals surface area contributed by atoms with Gasteiger partial charge >= 0.3 is 0 Å². The van der Waals surface area contributed by atoms with Crippen molar-refractivity contribution in [2.75, 3.05) is 33.2 Å². The molecule has 0 saturated carbocycles. The normalized spacial score (nSPS) is 14.8. The zero-order valence-electron chi connectivity index (χ0n) is 17.9. The van der Waals surface area contributed by atoms with Gasteiger partial charge < -0.3 is 10.2 Å². The first-order chi connectivity index (χ1) is 15.0. The van der Waals surface area contributed by atoms with Crippen LogP contribution in [0.2, 0.25) is 0 Å². The molecule has 2 amide bonds. The van der Waals surface area contributed by atoms with Crippen LogP contribution in [0.25, 0.3) is 10.7 Å². The molecule has 1 fully saturated rings. The molecule has 1 saturated heterocycles. The number of rotatable bonds is 8. The van der Waals surface area contributed by atoms with Crippen molar-refractivity contribution in [2.24, 2.45) is 0 Å². The van der Waals surface area contributed by atoms with Crippen molar-refractivity contribution in [3.8, 4) is 23.0 Å². The number of aryl methyl sites for hydroxylation is 1. The summed E-state index contributed by atoms with van der Waals surface area (Å²) < 4.78 is 0. The van der Waals surface area contributed by atoms with Crippen molar-refractivity contribution >= 4 is 23.2 Å². The number of piperidine rings is 1. The number of carbonyl (C=O) groups excluding carboxylic acids is 2. The molecule has 0 unspecified atom stereocenters. The van der Waals surface area contributed by atoms with Gasteiger partial charge in [0.05, 0.1) is 24.4 Å². The highest BCUT2D eigenvalue weighted by molar-refractivity contribution is 7.15. The largest absolute Gasteiger partial charge is 0.353 e. The molecule has 0 radical (unpaired) electrons. The monoisotopic (exact) mass is 440 g/mol. The highest BCUT2D eigenvalue weighted by Crippen LogP contribution is 2.26. The van der Waals surface area contributed by atoms with E-state index in [-0.39, 0.29) is 17.9 Å². The van der Waals surface area contributed by atoms with Gasteiger partial charge in [0, 0.05) is 42.8 Å². The lowest BCUT2D eigenvalue weighted by Crippen LogP contribution is -2.46. The van der Waals surface area contributed by atoms with Crippen LogP contribution in [-0.4, -0.2) is 76.1 Å². The molecule has 0 bridgehead atoms. The van der Waals surface area contributed by atoms with Crippen LogP contribution in [0, 0.1) is 19.3 Å². The number of nitrogens with zero attached hydrogens (tertiary/aromatic N) is 4. The van der Waals surface area contributed by atoms with E-state index >= 15 is 0 Å². The highest BCUT2D eigenvalue weighted by atomic mass is 32.1. The number of likely N-dealkylation sites (tertiary alicyclic amines) is 1. The molecule has 0 aromatic carbocycles. The second-order valence-electron chi connectivity index (χ2n) is 7.65. The maximum atomic E-state index is 12.5. The summed E-state index contributed by atoms with van der Waals surface area (Å²) in [5.41, 5.74) is 1.72. The maximum Gasteiger partial charge on any atom is 0.246 e. The Balaban J connectivity index is 1.43. The number of terminal acetylenes is 1. The molecule has 2 aromatic rings. The maximum absolute atomic E-state index is 12.5. The zero-order valence-corrected chi connectivity index (χ0v) is 18.7. The molecule has 3 rings (SSSR count). The van der Waals surface area contributed by atoms with E-state index in [0.717, 1.165) is 34.1 Å². The van der Waals surface area contributed by atoms with Gasteiger partial charge in [-0.3, -0.25) is 19.6 Å². The first kappa shape index (κ1) is 22.7. The van der Waals surface area contributed by atoms with Crippen LogP contribution >= 0.6 is 11.3 Å². The molecule has 0 atom stereocenters. The summed E-state index contributed by atoms with van der Waals surface area (Å²) in [5.74, 6) is 2.57. The predicted molar refractivity (Wildman–Crippen MR) is 121 cm³/mol. The van der Waals surface area contributed by atoms with E-state index in [1.165, 1.54) is 11.3 Å². The Morgan fingerprint density at radius 3 is 2.90 bits per heavy atom. The van der Waals surface area contributed by atoms with E-state index < -0.39 is 0 Å². The number of amides is 2. The minimum atomic E-state index is -0.0101. The van der Waals surface area contributed by atoms with E-state index in [4.69, 9.17) is 6.42 Å². The fourth-order valence-electron chi connectivity index (χ4n) is 3.41. The van der Waals surface area contributed by atoms with Crippen LogP contribution in [0.5, 0.6) is 0 Å². The fourth-order valence-corrected chi connectivity index (χ4v) is 4.45. The second-order valence-corrected chi connectivity index (χ2v) is 8.73. The predicted octanol–water partition coefficient (Wildman–Crippen LogP) is 1.61. The first-order valence-electron chi connectivity index (χ1n) is 10.3. The number of aromatic amines is 1. The Labute approximate surface area is 186 Å². The van der Waals surface area contributed by atoms with E-state index in [9.17, 15) is 9.59 Å². The third-order valence-corrected chi connectivity index (χ3v) is 6.35. The Morgan fingerprint density at radius 2 is 2.23 bits per heavy atom. The molecule has 1 aliphatic heterocycles. The van der Waals surface area contributed by atoms with E-state index in [1.807, 2.05) is 35.9 Å². The lowest BCUT2D eigenvalue weighted by atomic mass is 10.0. The third-order valence-electron chi connectivity index (χ3n) is 5.16. The van der Waals surface area contributed by atoms with Crippen LogP contribution in [0.4, 0.5) is 0 Å². The molecule has 0 aliphatic carbocycles. The number of hydrogen-bond acceptors (Lipinski definition) is 6. The van der Waals surface area contributed by atoms with Crippen LogP contribution in [0.3, 0.4) is 0 Å². The van der Waals surface area contributed by atoms with Gasteiger partial charge in [0.2, 0.25) is 11.8 Å². The first-order valence-corrected chi connectivity index (χ1v) is 11.1. The number of H-pyrrole nitrogens is 1. The molecular weight excluding hydrogens is 412 g/mol. The quantitative estimate of drug-likeness (QED) is 0.481. The average molecular weight is 441 g/mol. The summed E-state index contributed by atoms with van der Waals surface area (Å²) in [6.07, 6.45) is 12.2. The summed E-state index contributed by atoms with van der Waals surface area (Å²) in [4.78, 5) is 34.1. The van der Waals surface area contributed by atoms with Crippen molar-refractivity contribution in [3.05, 3.63) is 35.0 Å². The Kier molecular flexibility index (Phi) is 7.98. The van der Waals surface area contributed by atoms with E-state index in [1.54, 1.807) is 12.3 Å². The molecular formula is C22H28N6O2S. The molecule has 9 heteroatoms. The van der Waals surface area contributed by atoms with Gasteiger partial charge in [-0.25, -0.2) is 4.98 Å². The van der Waals surface area contributed by atoms with Crippen LogP contribution in [0.1, 0.15) is 23.4 Å². The van der Waals surface area contributed by atoms with Crippen LogP contribution < -0.4 is 5.32 Å². The molecule has 31 heavy (non-hydrogen) atoms. The SMILES string of the molecule is C#CCN(C)C/C=C/C(=O)N1CCC(NC(=O)Cc2sc(-c3ccn[nH]3)nc2C)CC1. The number of likely N-dealkylation sites (N-methyl/N-ethyl adjacent to an activating group) is 1. The number of nitrogens with one attached hydrogen (secondary N) is 2. The van der Waals surface area contributed by atoms with Crippen molar-refractivity contribution in [1.29, 1.82) is 0 Å². The molecule has 2 aromatic heterocycles. The van der Waals surface area contributed by atoms with Crippen LogP contribution in [0.15, 0.2) is 24.4 Å². The van der Waals surface area contributed by atoms with Crippen molar-refractivity contribution in [3.63, 3.8) is 0 Å². The van der Waals surface area contributed by atoms with Gasteiger partial charge in [0.1, 0.15) is 5.01 Å². The number of carbonyl (C=O) groups is 2. The van der Waals surface area contributed by atoms with Gasteiger partial charge in [0.25, 0.3) is 0 Å². The number of thiazole rings is 1. The smallest absolute Gasteiger partial charge is 0.246 e. The van der Waals surface area contributed by atoms with Crippen LogP contribution in [-0.2, 0) is 16.0 Å². The van der Waals surface area contributed by atoms with Gasteiger partial charge in [0.15, 0.2) is 0 Å². The zero-order chi connectivity index (χ0) is 22.2. The number of hydrogen-bond donors (Lipinski definition) is 2. The fraction of sp³-hybridized carbons (Fsp3) is 0.455. The summed E-state index contributed by atoms with van der Waals surface area (Å²) in [6.45, 7) is 4.38. The summed E-state index contributed by atoms with van der Waals surface area (Å²) in [5, 5.41) is 10.8. The Hall–Kier alpha value is -2.96. The highest BCUT2D eigenvalue weighted by Gasteiger charge is 2.23. The van der Waals surface area contributed by atoms with E-state index in [0.29, 0.717) is 32.6 Å². The Morgan fingerprint density at radius 1 is 1.45 bits per heavy atom. The Bertz CT molecular complexity index is 951. The summed E-state index contributed by atoms with van der Waals surface area (Å²) >= 11 is 1.51. The van der Waals surface area contributed by atoms with Gasteiger partial charge in [-0.15, -0.1) is 17.8 Å². The molecule has 1 aliphatic rings. The molecule has 0 spiro atoms. The topological polar surface area (TPSA) is 94.2 Å². The van der Waals surface area contributed by atoms with Crippen molar-refractivity contribution in [1.82, 2.24) is 30.3 Å². The molecule has 164 valence electrons. The number of aromatic nitrogens is 3. The van der Waals surface area contributed by atoms with Gasteiger partial charge in [-0.1, -0.05) is 12.0 Å². The summed E-state index contributed by atoms with van der Waals surface area (Å²) in [6, 6.07) is 1.95. The van der Waals surface area contributed by atoms with Gasteiger partial charge in [-0.05, 0) is 32.9 Å². The third kappa shape index (κ3) is 6.51. The minimum absolute atomic E-state index is 0.00510. The van der Waals surface area contributed by atoms with Crippen molar-refractivity contribution < 1.29 is 9.59 Å². The van der Waals surface area contributed by atoms with Crippen molar-refractivity contribution in [2.45, 2.75) is 32.2 Å².